The molecule has 102 valence electrons. The molecule has 0 radical (unpaired) electrons. The quantitative estimate of drug-likeness (QED) is 0.842. The van der Waals surface area contributed by atoms with E-state index in [0.29, 0.717) is 5.56 Å². The van der Waals surface area contributed by atoms with Crippen LogP contribution < -0.4 is 0 Å². The smallest absolute Gasteiger partial charge is 0.387 e. The van der Waals surface area contributed by atoms with Gasteiger partial charge in [0.2, 0.25) is 0 Å². The first-order valence-corrected chi connectivity index (χ1v) is 7.12. The summed E-state index contributed by atoms with van der Waals surface area (Å²) in [6.07, 6.45) is -5.01. The lowest BCUT2D eigenvalue weighted by Gasteiger charge is -2.12. The fourth-order valence-electron chi connectivity index (χ4n) is 1.73. The van der Waals surface area contributed by atoms with Crippen LogP contribution in [0, 0.1) is 0 Å². The lowest BCUT2D eigenvalue weighted by Crippen LogP contribution is -2.06. The Balaban J connectivity index is 2.18. The molecule has 0 aliphatic heterocycles. The summed E-state index contributed by atoms with van der Waals surface area (Å²) in [5.74, 6) is 0. The van der Waals surface area contributed by atoms with Crippen LogP contribution in [0.4, 0.5) is 13.2 Å². The molecule has 1 nitrogen and oxygen atoms in total. The van der Waals surface area contributed by atoms with E-state index in [2.05, 4.69) is 15.9 Å². The van der Waals surface area contributed by atoms with Crippen molar-refractivity contribution in [3.05, 3.63) is 56.2 Å². The van der Waals surface area contributed by atoms with Gasteiger partial charge in [-0.3, -0.25) is 0 Å². The molecule has 1 aromatic carbocycles. The number of hydrogen-bond acceptors (Lipinski definition) is 2. The molecule has 0 amide bonds. The monoisotopic (exact) mass is 350 g/mol. The van der Waals surface area contributed by atoms with Crippen molar-refractivity contribution in [2.75, 3.05) is 0 Å². The Hall–Kier alpha value is -0.850. The number of halogens is 4. The fraction of sp³-hybridized carbons (Fsp3) is 0.231. The van der Waals surface area contributed by atoms with Gasteiger partial charge >= 0.3 is 6.18 Å². The Morgan fingerprint density at radius 2 is 2.00 bits per heavy atom. The van der Waals surface area contributed by atoms with Gasteiger partial charge in [0.1, 0.15) is 0 Å². The van der Waals surface area contributed by atoms with Crippen LogP contribution in [0.25, 0.3) is 0 Å². The zero-order valence-electron chi connectivity index (χ0n) is 9.62. The van der Waals surface area contributed by atoms with Crippen LogP contribution in [0.15, 0.2) is 40.2 Å². The van der Waals surface area contributed by atoms with Gasteiger partial charge in [-0.1, -0.05) is 18.2 Å². The van der Waals surface area contributed by atoms with E-state index in [1.54, 1.807) is 12.1 Å². The molecule has 1 aromatic heterocycles. The first-order valence-electron chi connectivity index (χ1n) is 5.45. The summed E-state index contributed by atoms with van der Waals surface area (Å²) in [6.45, 7) is 0. The van der Waals surface area contributed by atoms with Crippen molar-refractivity contribution in [2.45, 2.75) is 18.7 Å². The van der Waals surface area contributed by atoms with E-state index in [1.165, 1.54) is 17.4 Å². The van der Waals surface area contributed by atoms with E-state index in [0.717, 1.165) is 21.5 Å². The highest BCUT2D eigenvalue weighted by atomic mass is 79.9. The second kappa shape index (κ2) is 5.64. The number of aliphatic hydroxyl groups is 1. The zero-order valence-corrected chi connectivity index (χ0v) is 12.0. The van der Waals surface area contributed by atoms with E-state index in [4.69, 9.17) is 0 Å². The van der Waals surface area contributed by atoms with Crippen LogP contribution in [-0.4, -0.2) is 5.11 Å². The first kappa shape index (κ1) is 14.6. The van der Waals surface area contributed by atoms with Crippen molar-refractivity contribution in [1.29, 1.82) is 0 Å². The Labute approximate surface area is 120 Å². The van der Waals surface area contributed by atoms with Crippen LogP contribution >= 0.6 is 27.3 Å². The minimum absolute atomic E-state index is 0.156. The molecular formula is C13H10BrF3OS. The van der Waals surface area contributed by atoms with E-state index < -0.39 is 17.8 Å². The molecule has 19 heavy (non-hydrogen) atoms. The summed E-state index contributed by atoms with van der Waals surface area (Å²) >= 11 is 4.66. The molecule has 0 saturated carbocycles. The molecule has 0 aliphatic rings. The Kier molecular flexibility index (Phi) is 4.32. The zero-order chi connectivity index (χ0) is 14.0. The first-order chi connectivity index (χ1) is 8.88. The van der Waals surface area contributed by atoms with Gasteiger partial charge in [-0.05, 0) is 39.0 Å². The number of alkyl halides is 3. The molecule has 0 aliphatic carbocycles. The molecule has 0 fully saturated rings. The predicted octanol–water partition coefficient (Wildman–Crippen LogP) is 4.81. The van der Waals surface area contributed by atoms with E-state index >= 15 is 0 Å². The van der Waals surface area contributed by atoms with Gasteiger partial charge in [0.05, 0.1) is 11.7 Å². The lowest BCUT2D eigenvalue weighted by atomic mass is 10.0. The molecule has 2 rings (SSSR count). The molecule has 1 unspecified atom stereocenters. The SMILES string of the molecule is OC(Cc1cccc(C(F)(F)F)c1)c1sccc1Br. The normalized spacial score (nSPS) is 13.5. The summed E-state index contributed by atoms with van der Waals surface area (Å²) in [7, 11) is 0. The maximum absolute atomic E-state index is 12.6. The third kappa shape index (κ3) is 3.58. The number of hydrogen-bond donors (Lipinski definition) is 1. The molecule has 0 spiro atoms. The van der Waals surface area contributed by atoms with Gasteiger partial charge in [-0.15, -0.1) is 11.3 Å². The minimum Gasteiger partial charge on any atom is -0.387 e. The molecule has 0 saturated heterocycles. The number of rotatable bonds is 3. The average molecular weight is 351 g/mol. The largest absolute Gasteiger partial charge is 0.416 e. The fourth-order valence-corrected chi connectivity index (χ4v) is 3.36. The van der Waals surface area contributed by atoms with Gasteiger partial charge in [-0.25, -0.2) is 0 Å². The van der Waals surface area contributed by atoms with E-state index in [9.17, 15) is 18.3 Å². The summed E-state index contributed by atoms with van der Waals surface area (Å²) in [5, 5.41) is 11.9. The highest BCUT2D eigenvalue weighted by molar-refractivity contribution is 9.10. The highest BCUT2D eigenvalue weighted by Gasteiger charge is 2.30. The standard InChI is InChI=1S/C13H10BrF3OS/c14-10-4-5-19-12(10)11(18)7-8-2-1-3-9(6-8)13(15,16)17/h1-6,11,18H,7H2. The topological polar surface area (TPSA) is 20.2 Å². The molecular weight excluding hydrogens is 341 g/mol. The second-order valence-electron chi connectivity index (χ2n) is 4.05. The van der Waals surface area contributed by atoms with Crippen LogP contribution in [0.5, 0.6) is 0 Å². The molecule has 6 heteroatoms. The maximum Gasteiger partial charge on any atom is 0.416 e. The summed E-state index contributed by atoms with van der Waals surface area (Å²) < 4.78 is 38.5. The van der Waals surface area contributed by atoms with Crippen molar-refractivity contribution in [3.8, 4) is 0 Å². The van der Waals surface area contributed by atoms with Crippen molar-refractivity contribution < 1.29 is 18.3 Å². The molecule has 0 bridgehead atoms. The highest BCUT2D eigenvalue weighted by Crippen LogP contribution is 2.33. The Morgan fingerprint density at radius 3 is 2.58 bits per heavy atom. The van der Waals surface area contributed by atoms with Gasteiger partial charge in [0.25, 0.3) is 0 Å². The Morgan fingerprint density at radius 1 is 1.26 bits per heavy atom. The van der Waals surface area contributed by atoms with E-state index in [1.807, 2.05) is 5.38 Å². The van der Waals surface area contributed by atoms with E-state index in [-0.39, 0.29) is 6.42 Å². The lowest BCUT2D eigenvalue weighted by molar-refractivity contribution is -0.137. The predicted molar refractivity (Wildman–Crippen MR) is 72.1 cm³/mol. The third-order valence-electron chi connectivity index (χ3n) is 2.63. The third-order valence-corrected chi connectivity index (χ3v) is 4.60. The van der Waals surface area contributed by atoms with Gasteiger partial charge < -0.3 is 5.11 Å². The molecule has 2 aromatic rings. The maximum atomic E-state index is 12.6. The van der Waals surface area contributed by atoms with Gasteiger partial charge in [0, 0.05) is 15.8 Å². The molecule has 1 atom stereocenters. The number of thiophene rings is 1. The summed E-state index contributed by atoms with van der Waals surface area (Å²) in [4.78, 5) is 0.720. The summed E-state index contributed by atoms with van der Waals surface area (Å²) in [6, 6.07) is 6.84. The van der Waals surface area contributed by atoms with Crippen LogP contribution in [0.2, 0.25) is 0 Å². The summed E-state index contributed by atoms with van der Waals surface area (Å²) in [5.41, 5.74) is -0.231. The molecule has 1 N–H and O–H groups in total. The van der Waals surface area contributed by atoms with Crippen molar-refractivity contribution in [3.63, 3.8) is 0 Å². The number of benzene rings is 1. The Bertz CT molecular complexity index is 565. The van der Waals surface area contributed by atoms with Gasteiger partial charge in [0.15, 0.2) is 0 Å². The average Bonchev–Trinajstić information content (AvgIpc) is 2.75. The van der Waals surface area contributed by atoms with Crippen molar-refractivity contribution in [2.24, 2.45) is 0 Å². The minimum atomic E-state index is -4.36. The molecule has 1 heterocycles. The van der Waals surface area contributed by atoms with Gasteiger partial charge in [-0.2, -0.15) is 13.2 Å². The van der Waals surface area contributed by atoms with Crippen molar-refractivity contribution in [1.82, 2.24) is 0 Å². The van der Waals surface area contributed by atoms with Crippen LogP contribution in [0.3, 0.4) is 0 Å². The van der Waals surface area contributed by atoms with Crippen LogP contribution in [0.1, 0.15) is 22.1 Å². The number of aliphatic hydroxyl groups excluding tert-OH is 1. The van der Waals surface area contributed by atoms with Crippen LogP contribution in [-0.2, 0) is 12.6 Å². The second-order valence-corrected chi connectivity index (χ2v) is 5.85. The van der Waals surface area contributed by atoms with Crippen molar-refractivity contribution >= 4 is 27.3 Å².